The molecule has 0 bridgehead atoms. The van der Waals surface area contributed by atoms with Crippen molar-refractivity contribution in [2.75, 3.05) is 0 Å². The van der Waals surface area contributed by atoms with Crippen LogP contribution in [0.25, 0.3) is 0 Å². The molecule has 0 radical (unpaired) electrons. The van der Waals surface area contributed by atoms with Gasteiger partial charge in [-0.25, -0.2) is 0 Å². The first kappa shape index (κ1) is 27.3. The van der Waals surface area contributed by atoms with E-state index in [4.69, 9.17) is 30.5 Å². The Bertz CT molecular complexity index is 1290. The van der Waals surface area contributed by atoms with E-state index in [9.17, 15) is 29.6 Å². The van der Waals surface area contributed by atoms with Crippen LogP contribution in [0.5, 0.6) is 5.75 Å². The second-order valence-electron chi connectivity index (χ2n) is 9.39. The van der Waals surface area contributed by atoms with Gasteiger partial charge in [-0.1, -0.05) is 29.8 Å². The van der Waals surface area contributed by atoms with E-state index < -0.39 is 64.3 Å². The lowest BCUT2D eigenvalue weighted by Crippen LogP contribution is -2.59. The van der Waals surface area contributed by atoms with Crippen molar-refractivity contribution < 1.29 is 43.4 Å². The fourth-order valence-corrected chi connectivity index (χ4v) is 4.95. The van der Waals surface area contributed by atoms with Gasteiger partial charge in [0, 0.05) is 31.9 Å². The molecule has 12 heteroatoms. The Morgan fingerprint density at radius 3 is 2.24 bits per heavy atom. The van der Waals surface area contributed by atoms with Crippen molar-refractivity contribution in [2.24, 2.45) is 0 Å². The number of rotatable bonds is 7. The van der Waals surface area contributed by atoms with Gasteiger partial charge in [0.1, 0.15) is 11.7 Å². The lowest BCUT2D eigenvalue weighted by atomic mass is 9.88. The molecule has 2 fully saturated rings. The third kappa shape index (κ3) is 5.73. The Morgan fingerprint density at radius 1 is 1.03 bits per heavy atom. The van der Waals surface area contributed by atoms with Crippen molar-refractivity contribution in [3.8, 4) is 5.75 Å². The molecule has 1 heterocycles. The number of hydrogen-bond donors (Lipinski definition) is 1. The lowest BCUT2D eigenvalue weighted by molar-refractivity contribution is -0.385. The van der Waals surface area contributed by atoms with E-state index in [-0.39, 0.29) is 6.42 Å². The zero-order valence-corrected chi connectivity index (χ0v) is 21.6. The van der Waals surface area contributed by atoms with E-state index in [1.54, 1.807) is 24.3 Å². The summed E-state index contributed by atoms with van der Waals surface area (Å²) in [4.78, 5) is 46.5. The molecule has 1 saturated heterocycles. The molecular weight excluding hydrogens is 522 g/mol. The number of carbonyl (C=O) groups is 3. The number of phenols is 1. The van der Waals surface area contributed by atoms with Crippen molar-refractivity contribution in [3.63, 3.8) is 0 Å². The maximum absolute atomic E-state index is 12.1. The summed E-state index contributed by atoms with van der Waals surface area (Å²) >= 11 is 6.45. The highest BCUT2D eigenvalue weighted by molar-refractivity contribution is 6.31. The van der Waals surface area contributed by atoms with E-state index in [2.05, 4.69) is 0 Å². The van der Waals surface area contributed by atoms with Crippen LogP contribution in [-0.4, -0.2) is 51.9 Å². The average molecular weight is 548 g/mol. The summed E-state index contributed by atoms with van der Waals surface area (Å²) in [5.41, 5.74) is 0.307. The van der Waals surface area contributed by atoms with Crippen molar-refractivity contribution in [1.82, 2.24) is 0 Å². The van der Waals surface area contributed by atoms with Gasteiger partial charge in [-0.05, 0) is 48.1 Å². The molecule has 1 spiro atoms. The molecule has 0 amide bonds. The van der Waals surface area contributed by atoms with Gasteiger partial charge in [0.25, 0.3) is 0 Å². The molecule has 202 valence electrons. The van der Waals surface area contributed by atoms with E-state index in [1.807, 2.05) is 0 Å². The lowest BCUT2D eigenvalue weighted by Gasteiger charge is -2.45. The van der Waals surface area contributed by atoms with Gasteiger partial charge in [-0.2, -0.15) is 0 Å². The Labute approximate surface area is 222 Å². The zero-order valence-electron chi connectivity index (χ0n) is 20.8. The summed E-state index contributed by atoms with van der Waals surface area (Å²) in [6.07, 6.45) is -2.90. The van der Waals surface area contributed by atoms with Crippen LogP contribution in [-0.2, 0) is 39.8 Å². The van der Waals surface area contributed by atoms with E-state index in [1.165, 1.54) is 32.9 Å². The number of aromatic hydroxyl groups is 1. The molecule has 4 atom stereocenters. The smallest absolute Gasteiger partial charge is 0.310 e. The highest BCUT2D eigenvalue weighted by Crippen LogP contribution is 2.54. The summed E-state index contributed by atoms with van der Waals surface area (Å²) in [6.45, 7) is 3.64. The van der Waals surface area contributed by atoms with Crippen LogP contribution in [0, 0.1) is 10.1 Å². The summed E-state index contributed by atoms with van der Waals surface area (Å²) in [6, 6.07) is 9.06. The quantitative estimate of drug-likeness (QED) is 0.233. The molecule has 1 N–H and O–H groups in total. The molecule has 2 aromatic rings. The fraction of sp³-hybridized carbons (Fsp3) is 0.423. The fourth-order valence-electron chi connectivity index (χ4n) is 4.76. The van der Waals surface area contributed by atoms with Crippen LogP contribution in [0.3, 0.4) is 0 Å². The van der Waals surface area contributed by atoms with Gasteiger partial charge in [-0.15, -0.1) is 0 Å². The summed E-state index contributed by atoms with van der Waals surface area (Å²) in [7, 11) is 0. The normalized spacial score (nSPS) is 23.4. The van der Waals surface area contributed by atoms with Crippen molar-refractivity contribution in [1.29, 1.82) is 0 Å². The second kappa shape index (κ2) is 10.6. The van der Waals surface area contributed by atoms with Crippen LogP contribution in [0.4, 0.5) is 5.69 Å². The molecule has 4 unspecified atom stereocenters. The Balaban J connectivity index is 1.73. The van der Waals surface area contributed by atoms with Crippen molar-refractivity contribution in [3.05, 3.63) is 68.2 Å². The van der Waals surface area contributed by atoms with E-state index in [0.717, 1.165) is 0 Å². The minimum Gasteiger partial charge on any atom is -0.502 e. The number of halogens is 1. The number of benzene rings is 2. The van der Waals surface area contributed by atoms with Crippen LogP contribution in [0.2, 0.25) is 5.02 Å². The minimum atomic E-state index is -1.14. The predicted octanol–water partition coefficient (Wildman–Crippen LogP) is 3.94. The number of nitrogens with zero attached hydrogens (tertiary/aromatic N) is 1. The summed E-state index contributed by atoms with van der Waals surface area (Å²) in [5.74, 6) is -2.35. The first-order valence-electron chi connectivity index (χ1n) is 11.8. The largest absolute Gasteiger partial charge is 0.502 e. The minimum absolute atomic E-state index is 0.188. The van der Waals surface area contributed by atoms with E-state index >= 15 is 0 Å². The third-order valence-corrected chi connectivity index (χ3v) is 6.84. The molecule has 1 aliphatic carbocycles. The third-order valence-electron chi connectivity index (χ3n) is 6.47. The standard InChI is InChI=1S/C26H26ClNO10/c1-13(29)35-23-22(38-26(8-9-26)25(37-15(3)31)24(23)36-14(2)30)17-5-6-19(27)18(12-17)10-16-4-7-21(32)20(11-16)28(33)34/h4-7,11-12,22-25,32H,8-10H2,1-3H3. The molecule has 2 aromatic carbocycles. The molecule has 38 heavy (non-hydrogen) atoms. The van der Waals surface area contributed by atoms with Gasteiger partial charge in [0.15, 0.2) is 24.1 Å². The number of ether oxygens (including phenoxy) is 4. The molecule has 1 aliphatic heterocycles. The van der Waals surface area contributed by atoms with Crippen LogP contribution < -0.4 is 0 Å². The molecule has 4 rings (SSSR count). The van der Waals surface area contributed by atoms with Crippen molar-refractivity contribution in [2.45, 2.75) is 70.1 Å². The van der Waals surface area contributed by atoms with Crippen LogP contribution >= 0.6 is 11.6 Å². The molecule has 1 saturated carbocycles. The molecule has 0 aromatic heterocycles. The van der Waals surface area contributed by atoms with Crippen LogP contribution in [0.1, 0.15) is 56.4 Å². The van der Waals surface area contributed by atoms with Crippen LogP contribution in [0.15, 0.2) is 36.4 Å². The number of nitro groups is 1. The Hall–Kier alpha value is -3.70. The Kier molecular flexibility index (Phi) is 7.61. The number of nitro benzene ring substituents is 1. The monoisotopic (exact) mass is 547 g/mol. The number of carbonyl (C=O) groups excluding carboxylic acids is 3. The highest BCUT2D eigenvalue weighted by Gasteiger charge is 2.65. The maximum atomic E-state index is 12.1. The molecule has 2 aliphatic rings. The van der Waals surface area contributed by atoms with Gasteiger partial charge in [0.2, 0.25) is 0 Å². The van der Waals surface area contributed by atoms with Gasteiger partial charge in [-0.3, -0.25) is 24.5 Å². The van der Waals surface area contributed by atoms with Gasteiger partial charge >= 0.3 is 23.6 Å². The molecular formula is C26H26ClNO10. The topological polar surface area (TPSA) is 152 Å². The molecule has 11 nitrogen and oxygen atoms in total. The second-order valence-corrected chi connectivity index (χ2v) is 9.80. The highest BCUT2D eigenvalue weighted by atomic mass is 35.5. The van der Waals surface area contributed by atoms with Crippen molar-refractivity contribution >= 4 is 35.2 Å². The number of hydrogen-bond acceptors (Lipinski definition) is 10. The van der Waals surface area contributed by atoms with Gasteiger partial charge < -0.3 is 24.1 Å². The predicted molar refractivity (Wildman–Crippen MR) is 131 cm³/mol. The maximum Gasteiger partial charge on any atom is 0.310 e. The van der Waals surface area contributed by atoms with Gasteiger partial charge in [0.05, 0.1) is 4.92 Å². The SMILES string of the molecule is CC(=O)OC1C(c2ccc(Cl)c(Cc3ccc(O)c([N+](=O)[O-])c3)c2)OC2(CC2)C(OC(C)=O)C1OC(C)=O. The van der Waals surface area contributed by atoms with E-state index in [0.29, 0.717) is 34.6 Å². The summed E-state index contributed by atoms with van der Waals surface area (Å²) in [5, 5.41) is 21.4. The Morgan fingerprint density at radius 2 is 1.66 bits per heavy atom. The first-order chi connectivity index (χ1) is 17.9. The average Bonchev–Trinajstić information content (AvgIpc) is 3.60. The zero-order chi connectivity index (χ0) is 27.8. The number of phenolic OH excluding ortho intramolecular Hbond substituents is 1. The number of esters is 3. The first-order valence-corrected chi connectivity index (χ1v) is 12.2. The summed E-state index contributed by atoms with van der Waals surface area (Å²) < 4.78 is 23.1.